The fourth-order valence-electron chi connectivity index (χ4n) is 2.37. The van der Waals surface area contributed by atoms with Gasteiger partial charge < -0.3 is 20.5 Å². The van der Waals surface area contributed by atoms with Crippen LogP contribution in [0, 0.1) is 17.7 Å². The molecule has 1 aromatic rings. The average Bonchev–Trinajstić information content (AvgIpc) is 2.52. The fourth-order valence-corrected chi connectivity index (χ4v) is 2.37. The number of hydrogen-bond acceptors (Lipinski definition) is 5. The standard InChI is InChI=1S/C17H21FN4O4/c1-17(2,3)26-16(25)21-6-7-22(15(23)24)11(10-21)4-5-12-13(18)8-20-9-14(12)19/h8-9,11H,6-7,10,19H2,1-3H3,(H,23,24). The third-order valence-electron chi connectivity index (χ3n) is 3.57. The van der Waals surface area contributed by atoms with Crippen LogP contribution in [-0.2, 0) is 4.74 Å². The van der Waals surface area contributed by atoms with Crippen LogP contribution in [0.3, 0.4) is 0 Å². The van der Waals surface area contributed by atoms with Crippen LogP contribution in [0.5, 0.6) is 0 Å². The summed E-state index contributed by atoms with van der Waals surface area (Å²) in [7, 11) is 0. The Hall–Kier alpha value is -3.02. The van der Waals surface area contributed by atoms with Crippen molar-refractivity contribution in [2.24, 2.45) is 0 Å². The van der Waals surface area contributed by atoms with Crippen LogP contribution in [-0.4, -0.2) is 63.4 Å². The first kappa shape index (κ1) is 19.3. The van der Waals surface area contributed by atoms with Crippen LogP contribution in [0.25, 0.3) is 0 Å². The van der Waals surface area contributed by atoms with Crippen molar-refractivity contribution in [3.05, 3.63) is 23.8 Å². The van der Waals surface area contributed by atoms with Crippen molar-refractivity contribution in [2.75, 3.05) is 25.4 Å². The number of rotatable bonds is 0. The van der Waals surface area contributed by atoms with E-state index in [0.717, 1.165) is 11.1 Å². The van der Waals surface area contributed by atoms with Crippen LogP contribution in [0.15, 0.2) is 12.4 Å². The maximum Gasteiger partial charge on any atom is 0.410 e. The molecule has 0 bridgehead atoms. The van der Waals surface area contributed by atoms with E-state index in [4.69, 9.17) is 10.5 Å². The van der Waals surface area contributed by atoms with Gasteiger partial charge in [0.25, 0.3) is 0 Å². The number of hydrogen-bond donors (Lipinski definition) is 2. The molecule has 8 nitrogen and oxygen atoms in total. The summed E-state index contributed by atoms with van der Waals surface area (Å²) in [5.74, 6) is 4.57. The van der Waals surface area contributed by atoms with Crippen molar-refractivity contribution in [2.45, 2.75) is 32.4 Å². The summed E-state index contributed by atoms with van der Waals surface area (Å²) < 4.78 is 19.1. The summed E-state index contributed by atoms with van der Waals surface area (Å²) >= 11 is 0. The number of pyridine rings is 1. The van der Waals surface area contributed by atoms with Crippen LogP contribution < -0.4 is 5.73 Å². The molecule has 0 radical (unpaired) electrons. The minimum absolute atomic E-state index is 0.0147. The van der Waals surface area contributed by atoms with Crippen molar-refractivity contribution in [3.8, 4) is 11.8 Å². The van der Waals surface area contributed by atoms with E-state index in [1.807, 2.05) is 0 Å². The predicted octanol–water partition coefficient (Wildman–Crippen LogP) is 1.75. The summed E-state index contributed by atoms with van der Waals surface area (Å²) in [6.45, 7) is 5.49. The first-order valence-electron chi connectivity index (χ1n) is 7.96. The molecular weight excluding hydrogens is 343 g/mol. The van der Waals surface area contributed by atoms with Crippen molar-refractivity contribution in [3.63, 3.8) is 0 Å². The molecule has 0 aliphatic carbocycles. The van der Waals surface area contributed by atoms with Gasteiger partial charge in [0.2, 0.25) is 0 Å². The van der Waals surface area contributed by atoms with Crippen LogP contribution in [0.1, 0.15) is 26.3 Å². The molecule has 3 N–H and O–H groups in total. The van der Waals surface area contributed by atoms with Gasteiger partial charge in [-0.1, -0.05) is 11.8 Å². The largest absolute Gasteiger partial charge is 0.465 e. The van der Waals surface area contributed by atoms with Crippen LogP contribution in [0.4, 0.5) is 19.7 Å². The van der Waals surface area contributed by atoms with E-state index in [2.05, 4.69) is 16.8 Å². The Balaban J connectivity index is 2.24. The average molecular weight is 364 g/mol. The molecule has 1 saturated heterocycles. The Bertz CT molecular complexity index is 746. The van der Waals surface area contributed by atoms with E-state index in [-0.39, 0.29) is 30.9 Å². The van der Waals surface area contributed by atoms with Gasteiger partial charge >= 0.3 is 12.2 Å². The fraction of sp³-hybridized carbons (Fsp3) is 0.471. The maximum atomic E-state index is 13.8. The van der Waals surface area contributed by atoms with Gasteiger partial charge in [-0.05, 0) is 20.8 Å². The molecule has 0 aromatic carbocycles. The van der Waals surface area contributed by atoms with E-state index in [9.17, 15) is 19.1 Å². The second-order valence-corrected chi connectivity index (χ2v) is 6.77. The predicted molar refractivity (Wildman–Crippen MR) is 91.8 cm³/mol. The summed E-state index contributed by atoms with van der Waals surface area (Å²) in [4.78, 5) is 29.7. The Morgan fingerprint density at radius 1 is 1.38 bits per heavy atom. The number of nitrogens with two attached hydrogens (primary N) is 1. The lowest BCUT2D eigenvalue weighted by Crippen LogP contribution is -2.56. The second kappa shape index (κ2) is 7.47. The number of ether oxygens (including phenoxy) is 1. The van der Waals surface area contributed by atoms with Crippen LogP contribution >= 0.6 is 0 Å². The van der Waals surface area contributed by atoms with Gasteiger partial charge in [0.15, 0.2) is 5.82 Å². The van der Waals surface area contributed by atoms with Gasteiger partial charge in [-0.2, -0.15) is 0 Å². The molecule has 1 aromatic heterocycles. The van der Waals surface area contributed by atoms with E-state index in [1.165, 1.54) is 11.1 Å². The number of piperazine rings is 1. The summed E-state index contributed by atoms with van der Waals surface area (Å²) in [6.07, 6.45) is 0.513. The molecule has 0 spiro atoms. The van der Waals surface area contributed by atoms with E-state index in [1.54, 1.807) is 20.8 Å². The number of halogens is 1. The number of anilines is 1. The molecule has 1 atom stereocenters. The molecule has 1 aliphatic rings. The molecule has 26 heavy (non-hydrogen) atoms. The lowest BCUT2D eigenvalue weighted by molar-refractivity contribution is 0.0104. The van der Waals surface area contributed by atoms with Gasteiger partial charge in [-0.15, -0.1) is 0 Å². The SMILES string of the molecule is CC(C)(C)OC(=O)N1CCN(C(=O)O)C(C#Cc2c(N)cncc2F)C1. The monoisotopic (exact) mass is 364 g/mol. The third-order valence-corrected chi connectivity index (χ3v) is 3.57. The number of carbonyl (C=O) groups is 2. The number of carbonyl (C=O) groups excluding carboxylic acids is 1. The number of carboxylic acid groups (broad SMARTS) is 1. The highest BCUT2D eigenvalue weighted by Gasteiger charge is 2.33. The first-order valence-corrected chi connectivity index (χ1v) is 7.96. The Labute approximate surface area is 150 Å². The van der Waals surface area contributed by atoms with Gasteiger partial charge in [-0.3, -0.25) is 9.88 Å². The summed E-state index contributed by atoms with van der Waals surface area (Å²) in [5.41, 5.74) is 4.99. The van der Waals surface area contributed by atoms with Crippen LogP contribution in [0.2, 0.25) is 0 Å². The van der Waals surface area contributed by atoms with Crippen molar-refractivity contribution >= 4 is 17.9 Å². The van der Waals surface area contributed by atoms with E-state index < -0.39 is 29.6 Å². The molecule has 140 valence electrons. The molecule has 9 heteroatoms. The van der Waals surface area contributed by atoms with Gasteiger partial charge in [0, 0.05) is 13.1 Å². The molecule has 2 rings (SSSR count). The van der Waals surface area contributed by atoms with Crippen molar-refractivity contribution in [1.82, 2.24) is 14.8 Å². The Morgan fingerprint density at radius 2 is 2.08 bits per heavy atom. The number of nitrogen functional groups attached to an aromatic ring is 1. The summed E-state index contributed by atoms with van der Waals surface area (Å²) in [6, 6.07) is -0.833. The zero-order chi connectivity index (χ0) is 19.5. The summed E-state index contributed by atoms with van der Waals surface area (Å²) in [5, 5.41) is 9.34. The molecule has 2 amide bonds. The molecule has 1 fully saturated rings. The zero-order valence-electron chi connectivity index (χ0n) is 14.8. The van der Waals surface area contributed by atoms with E-state index >= 15 is 0 Å². The highest BCUT2D eigenvalue weighted by atomic mass is 19.1. The van der Waals surface area contributed by atoms with Gasteiger partial charge in [-0.25, -0.2) is 14.0 Å². The third kappa shape index (κ3) is 4.75. The lowest BCUT2D eigenvalue weighted by Gasteiger charge is -2.38. The molecule has 0 saturated carbocycles. The quantitative estimate of drug-likeness (QED) is 0.679. The number of aromatic nitrogens is 1. The highest BCUT2D eigenvalue weighted by molar-refractivity contribution is 5.70. The minimum Gasteiger partial charge on any atom is -0.465 e. The smallest absolute Gasteiger partial charge is 0.410 e. The lowest BCUT2D eigenvalue weighted by atomic mass is 10.1. The van der Waals surface area contributed by atoms with Crippen molar-refractivity contribution < 1.29 is 23.8 Å². The normalized spacial score (nSPS) is 17.3. The Morgan fingerprint density at radius 3 is 2.65 bits per heavy atom. The second-order valence-electron chi connectivity index (χ2n) is 6.77. The maximum absolute atomic E-state index is 13.8. The first-order chi connectivity index (χ1) is 12.1. The van der Waals surface area contributed by atoms with E-state index in [0.29, 0.717) is 0 Å². The molecule has 1 unspecified atom stereocenters. The van der Waals surface area contributed by atoms with Crippen molar-refractivity contribution in [1.29, 1.82) is 0 Å². The molecule has 2 heterocycles. The van der Waals surface area contributed by atoms with Gasteiger partial charge in [0.05, 0.1) is 30.2 Å². The molecular formula is C17H21FN4O4. The van der Waals surface area contributed by atoms with Gasteiger partial charge in [0.1, 0.15) is 11.6 Å². The topological polar surface area (TPSA) is 109 Å². The molecule has 1 aliphatic heterocycles. The number of nitrogens with zero attached hydrogens (tertiary/aromatic N) is 3. The Kier molecular flexibility index (Phi) is 5.55. The zero-order valence-corrected chi connectivity index (χ0v) is 14.8. The number of amides is 2. The minimum atomic E-state index is -1.17. The highest BCUT2D eigenvalue weighted by Crippen LogP contribution is 2.16.